The largest absolute Gasteiger partial charge is 0.494 e. The van der Waals surface area contributed by atoms with E-state index in [4.69, 9.17) is 4.74 Å². The Bertz CT molecular complexity index is 828. The third-order valence-corrected chi connectivity index (χ3v) is 5.44. The molecule has 116 valence electrons. The summed E-state index contributed by atoms with van der Waals surface area (Å²) in [7, 11) is 0. The molecule has 0 bridgehead atoms. The maximum absolute atomic E-state index is 5.58. The summed E-state index contributed by atoms with van der Waals surface area (Å²) in [6, 6.07) is 16.6. The van der Waals surface area contributed by atoms with E-state index in [9.17, 15) is 0 Å². The summed E-state index contributed by atoms with van der Waals surface area (Å²) in [4.78, 5) is 5.04. The molecule has 23 heavy (non-hydrogen) atoms. The zero-order chi connectivity index (χ0) is 16.1. The maximum atomic E-state index is 5.58. The Kier molecular flexibility index (Phi) is 5.17. The van der Waals surface area contributed by atoms with Crippen molar-refractivity contribution in [1.82, 2.24) is 0 Å². The highest BCUT2D eigenvalue weighted by molar-refractivity contribution is 7.22. The van der Waals surface area contributed by atoms with Crippen LogP contribution >= 0.6 is 22.7 Å². The van der Waals surface area contributed by atoms with Gasteiger partial charge in [0.05, 0.1) is 11.5 Å². The third kappa shape index (κ3) is 4.25. The summed E-state index contributed by atoms with van der Waals surface area (Å²) in [5, 5.41) is 0. The Morgan fingerprint density at radius 1 is 0.870 bits per heavy atom. The molecule has 0 spiro atoms. The van der Waals surface area contributed by atoms with Gasteiger partial charge < -0.3 is 4.74 Å². The molecule has 0 N–H and O–H groups in total. The number of benzene rings is 1. The first-order chi connectivity index (χ1) is 11.2. The molecule has 0 saturated carbocycles. The van der Waals surface area contributed by atoms with Crippen LogP contribution in [0.4, 0.5) is 0 Å². The predicted octanol–water partition coefficient (Wildman–Crippen LogP) is 5.97. The lowest BCUT2D eigenvalue weighted by Gasteiger charge is -2.03. The van der Waals surface area contributed by atoms with Gasteiger partial charge in [0.1, 0.15) is 5.75 Å². The fourth-order valence-corrected chi connectivity index (χ4v) is 3.91. The van der Waals surface area contributed by atoms with Gasteiger partial charge in [0, 0.05) is 20.2 Å². The van der Waals surface area contributed by atoms with Crippen LogP contribution in [0.2, 0.25) is 0 Å². The molecule has 0 unspecified atom stereocenters. The van der Waals surface area contributed by atoms with Gasteiger partial charge in [-0.3, -0.25) is 0 Å². The van der Waals surface area contributed by atoms with E-state index >= 15 is 0 Å². The van der Waals surface area contributed by atoms with Crippen molar-refractivity contribution >= 4 is 22.7 Å². The van der Waals surface area contributed by atoms with E-state index in [2.05, 4.69) is 50.0 Å². The second-order valence-corrected chi connectivity index (χ2v) is 7.57. The van der Waals surface area contributed by atoms with Crippen molar-refractivity contribution < 1.29 is 4.74 Å². The van der Waals surface area contributed by atoms with Gasteiger partial charge in [-0.15, -0.1) is 22.7 Å². The number of hydrogen-bond donors (Lipinski definition) is 0. The molecule has 0 radical (unpaired) electrons. The predicted molar refractivity (Wildman–Crippen MR) is 101 cm³/mol. The summed E-state index contributed by atoms with van der Waals surface area (Å²) < 4.78 is 5.58. The monoisotopic (exact) mass is 338 g/mol. The van der Waals surface area contributed by atoms with Crippen molar-refractivity contribution in [3.05, 3.63) is 63.8 Å². The van der Waals surface area contributed by atoms with E-state index in [1.807, 2.05) is 35.6 Å². The van der Waals surface area contributed by atoms with Gasteiger partial charge in [0.15, 0.2) is 0 Å². The summed E-state index contributed by atoms with van der Waals surface area (Å²) >= 11 is 3.57. The summed E-state index contributed by atoms with van der Waals surface area (Å²) in [5.41, 5.74) is 1.01. The van der Waals surface area contributed by atoms with Crippen LogP contribution in [0.15, 0.2) is 48.5 Å². The first-order valence-corrected chi connectivity index (χ1v) is 9.29. The van der Waals surface area contributed by atoms with Gasteiger partial charge >= 0.3 is 0 Å². The van der Waals surface area contributed by atoms with Crippen LogP contribution in [0.1, 0.15) is 28.7 Å². The first kappa shape index (κ1) is 15.9. The third-order valence-electron chi connectivity index (χ3n) is 3.25. The molecule has 0 atom stereocenters. The Hall–Kier alpha value is -2.02. The summed E-state index contributed by atoms with van der Waals surface area (Å²) in [5.74, 6) is 7.38. The Labute approximate surface area is 145 Å². The summed E-state index contributed by atoms with van der Waals surface area (Å²) in [6.07, 6.45) is 1.02. The van der Waals surface area contributed by atoms with Crippen molar-refractivity contribution in [2.45, 2.75) is 20.3 Å². The molecule has 3 heteroatoms. The quantitative estimate of drug-likeness (QED) is 0.532. The Balaban J connectivity index is 1.70. The van der Waals surface area contributed by atoms with Crippen molar-refractivity contribution in [3.8, 4) is 27.3 Å². The van der Waals surface area contributed by atoms with E-state index in [1.54, 1.807) is 11.3 Å². The molecule has 1 aromatic carbocycles. The van der Waals surface area contributed by atoms with Crippen LogP contribution in [0, 0.1) is 18.8 Å². The van der Waals surface area contributed by atoms with Crippen molar-refractivity contribution in [2.75, 3.05) is 6.61 Å². The van der Waals surface area contributed by atoms with E-state index in [1.165, 1.54) is 14.6 Å². The lowest BCUT2D eigenvalue weighted by Crippen LogP contribution is -1.94. The van der Waals surface area contributed by atoms with Gasteiger partial charge in [0.2, 0.25) is 0 Å². The van der Waals surface area contributed by atoms with Crippen molar-refractivity contribution in [2.24, 2.45) is 0 Å². The highest BCUT2D eigenvalue weighted by atomic mass is 32.1. The highest BCUT2D eigenvalue weighted by Crippen LogP contribution is 2.33. The zero-order valence-corrected chi connectivity index (χ0v) is 14.9. The van der Waals surface area contributed by atoms with Crippen LogP contribution in [-0.4, -0.2) is 6.61 Å². The lowest BCUT2D eigenvalue weighted by atomic mass is 10.2. The van der Waals surface area contributed by atoms with Crippen LogP contribution < -0.4 is 4.74 Å². The molecular weight excluding hydrogens is 320 g/mol. The van der Waals surface area contributed by atoms with Crippen LogP contribution in [0.25, 0.3) is 9.75 Å². The normalized spacial score (nSPS) is 10.2. The SMILES string of the molecule is CCCOc1ccc(C#Cc2ccc(-c3ccc(C)s3)s2)cc1. The van der Waals surface area contributed by atoms with Gasteiger partial charge in [0.25, 0.3) is 0 Å². The molecule has 0 aliphatic heterocycles. The smallest absolute Gasteiger partial charge is 0.119 e. The van der Waals surface area contributed by atoms with Crippen LogP contribution in [0.5, 0.6) is 5.75 Å². The molecule has 2 aromatic heterocycles. The number of ether oxygens (including phenoxy) is 1. The first-order valence-electron chi connectivity index (χ1n) is 7.66. The topological polar surface area (TPSA) is 9.23 Å². The molecule has 1 nitrogen and oxygen atoms in total. The molecule has 2 heterocycles. The average Bonchev–Trinajstić information content (AvgIpc) is 3.20. The maximum Gasteiger partial charge on any atom is 0.119 e. The number of rotatable bonds is 4. The standard InChI is InChI=1S/C20H18OS2/c1-3-14-21-17-8-5-16(6-9-17)7-10-18-11-13-20(23-18)19-12-4-15(2)22-19/h4-6,8-9,11-13H,3,14H2,1-2H3. The van der Waals surface area contributed by atoms with Crippen molar-refractivity contribution in [3.63, 3.8) is 0 Å². The molecule has 0 fully saturated rings. The Morgan fingerprint density at radius 3 is 2.30 bits per heavy atom. The molecule has 3 rings (SSSR count). The Morgan fingerprint density at radius 2 is 1.61 bits per heavy atom. The number of aryl methyl sites for hydroxylation is 1. The van der Waals surface area contributed by atoms with E-state index in [-0.39, 0.29) is 0 Å². The number of thiophene rings is 2. The fourth-order valence-electron chi connectivity index (χ4n) is 2.09. The molecule has 0 aliphatic carbocycles. The van der Waals surface area contributed by atoms with Gasteiger partial charge in [-0.05, 0) is 61.9 Å². The average molecular weight is 338 g/mol. The second kappa shape index (κ2) is 7.50. The van der Waals surface area contributed by atoms with Gasteiger partial charge in [-0.2, -0.15) is 0 Å². The van der Waals surface area contributed by atoms with E-state index < -0.39 is 0 Å². The summed E-state index contributed by atoms with van der Waals surface area (Å²) in [6.45, 7) is 4.99. The molecular formula is C20H18OS2. The molecule has 0 saturated heterocycles. The molecule has 0 aliphatic rings. The molecule has 3 aromatic rings. The number of hydrogen-bond acceptors (Lipinski definition) is 3. The van der Waals surface area contributed by atoms with Crippen LogP contribution in [0.3, 0.4) is 0 Å². The minimum Gasteiger partial charge on any atom is -0.494 e. The molecule has 0 amide bonds. The van der Waals surface area contributed by atoms with Crippen LogP contribution in [-0.2, 0) is 0 Å². The minimum absolute atomic E-state index is 0.755. The fraction of sp³-hybridized carbons (Fsp3) is 0.200. The van der Waals surface area contributed by atoms with E-state index in [0.717, 1.165) is 29.2 Å². The minimum atomic E-state index is 0.755. The van der Waals surface area contributed by atoms with Gasteiger partial charge in [-0.25, -0.2) is 0 Å². The van der Waals surface area contributed by atoms with Gasteiger partial charge in [-0.1, -0.05) is 18.8 Å². The van der Waals surface area contributed by atoms with E-state index in [0.29, 0.717) is 0 Å². The second-order valence-electron chi connectivity index (χ2n) is 5.20. The zero-order valence-electron chi connectivity index (χ0n) is 13.3. The lowest BCUT2D eigenvalue weighted by molar-refractivity contribution is 0.317. The van der Waals surface area contributed by atoms with Crippen molar-refractivity contribution in [1.29, 1.82) is 0 Å². The highest BCUT2D eigenvalue weighted by Gasteiger charge is 2.03.